The first-order valence-corrected chi connectivity index (χ1v) is 5.98. The maximum atomic E-state index is 12.9. The zero-order valence-corrected chi connectivity index (χ0v) is 11.0. The molecule has 0 spiro atoms. The first-order valence-electron chi connectivity index (χ1n) is 5.98. The monoisotopic (exact) mass is 299 g/mol. The van der Waals surface area contributed by atoms with Gasteiger partial charge in [0.2, 0.25) is 5.91 Å². The summed E-state index contributed by atoms with van der Waals surface area (Å²) in [4.78, 5) is 33.5. The molecule has 0 saturated carbocycles. The Kier molecular flexibility index (Phi) is 6.12. The standard InChI is InChI=1S/C13H14FNO6/c14-9-2-1-3-10(6-9)21-5-4-11(16)15(7-12(17)18)8-13(19)20/h1-3,6H,4-5,7-8H2,(H,17,18)(H,19,20). The van der Waals surface area contributed by atoms with Gasteiger partial charge in [-0.3, -0.25) is 14.4 Å². The van der Waals surface area contributed by atoms with E-state index in [0.717, 1.165) is 6.07 Å². The molecule has 0 radical (unpaired) electrons. The van der Waals surface area contributed by atoms with Crippen LogP contribution in [0, 0.1) is 5.82 Å². The van der Waals surface area contributed by atoms with Crippen LogP contribution in [0.15, 0.2) is 24.3 Å². The summed E-state index contributed by atoms with van der Waals surface area (Å²) in [6.45, 7) is -1.52. The number of carboxylic acid groups (broad SMARTS) is 2. The molecule has 1 rings (SSSR count). The van der Waals surface area contributed by atoms with Gasteiger partial charge in [0.1, 0.15) is 24.7 Å². The Labute approximate surface area is 119 Å². The minimum atomic E-state index is -1.31. The lowest BCUT2D eigenvalue weighted by atomic mass is 10.3. The van der Waals surface area contributed by atoms with Crippen LogP contribution in [-0.2, 0) is 14.4 Å². The molecule has 0 bridgehead atoms. The van der Waals surface area contributed by atoms with Crippen LogP contribution >= 0.6 is 0 Å². The van der Waals surface area contributed by atoms with E-state index >= 15 is 0 Å². The molecule has 0 heterocycles. The van der Waals surface area contributed by atoms with Gasteiger partial charge in [0.05, 0.1) is 13.0 Å². The number of amides is 1. The lowest BCUT2D eigenvalue weighted by Gasteiger charge is -2.18. The van der Waals surface area contributed by atoms with Crippen LogP contribution in [-0.4, -0.2) is 52.7 Å². The summed E-state index contributed by atoms with van der Waals surface area (Å²) in [5.74, 6) is -3.55. The van der Waals surface area contributed by atoms with Crippen molar-refractivity contribution in [3.05, 3.63) is 30.1 Å². The van der Waals surface area contributed by atoms with Crippen LogP contribution in [0.25, 0.3) is 0 Å². The molecule has 0 aliphatic carbocycles. The van der Waals surface area contributed by atoms with E-state index in [2.05, 4.69) is 0 Å². The molecule has 21 heavy (non-hydrogen) atoms. The van der Waals surface area contributed by atoms with Crippen LogP contribution < -0.4 is 4.74 Å². The number of nitrogens with zero attached hydrogens (tertiary/aromatic N) is 1. The molecule has 0 saturated heterocycles. The number of halogens is 1. The van der Waals surface area contributed by atoms with Crippen molar-refractivity contribution in [3.8, 4) is 5.75 Å². The average Bonchev–Trinajstić information content (AvgIpc) is 2.36. The smallest absolute Gasteiger partial charge is 0.323 e. The largest absolute Gasteiger partial charge is 0.493 e. The third kappa shape index (κ3) is 6.37. The highest BCUT2D eigenvalue weighted by Crippen LogP contribution is 2.12. The molecule has 8 heteroatoms. The van der Waals surface area contributed by atoms with Crippen LogP contribution in [0.3, 0.4) is 0 Å². The van der Waals surface area contributed by atoms with Crippen LogP contribution in [0.1, 0.15) is 6.42 Å². The molecule has 0 unspecified atom stereocenters. The SMILES string of the molecule is O=C(O)CN(CC(=O)O)C(=O)CCOc1cccc(F)c1. The summed E-state index contributed by atoms with van der Waals surface area (Å²) in [6, 6.07) is 5.31. The van der Waals surface area contributed by atoms with E-state index in [1.807, 2.05) is 0 Å². The number of benzene rings is 1. The van der Waals surface area contributed by atoms with Crippen LogP contribution in [0.5, 0.6) is 5.75 Å². The number of ether oxygens (including phenoxy) is 1. The Balaban J connectivity index is 2.49. The number of carboxylic acids is 2. The second-order valence-corrected chi connectivity index (χ2v) is 4.09. The Morgan fingerprint density at radius 3 is 2.29 bits per heavy atom. The van der Waals surface area contributed by atoms with E-state index in [9.17, 15) is 18.8 Å². The van der Waals surface area contributed by atoms with E-state index < -0.39 is 36.8 Å². The summed E-state index contributed by atoms with van der Waals surface area (Å²) < 4.78 is 18.0. The molecule has 0 aliphatic rings. The van der Waals surface area contributed by atoms with Crippen molar-refractivity contribution >= 4 is 17.8 Å². The predicted molar refractivity (Wildman–Crippen MR) is 68.4 cm³/mol. The minimum absolute atomic E-state index is 0.113. The first-order chi connectivity index (χ1) is 9.88. The Bertz CT molecular complexity index is 517. The Morgan fingerprint density at radius 2 is 1.76 bits per heavy atom. The molecule has 0 atom stereocenters. The van der Waals surface area contributed by atoms with E-state index in [1.165, 1.54) is 18.2 Å². The van der Waals surface area contributed by atoms with Gasteiger partial charge in [-0.25, -0.2) is 4.39 Å². The Morgan fingerprint density at radius 1 is 1.14 bits per heavy atom. The molecule has 1 amide bonds. The summed E-state index contributed by atoms with van der Waals surface area (Å²) in [5.41, 5.74) is 0. The number of carbonyl (C=O) groups is 3. The molecule has 0 aliphatic heterocycles. The Hall–Kier alpha value is -2.64. The van der Waals surface area contributed by atoms with Crippen molar-refractivity contribution in [3.63, 3.8) is 0 Å². The van der Waals surface area contributed by atoms with Crippen LogP contribution in [0.4, 0.5) is 4.39 Å². The van der Waals surface area contributed by atoms with Gasteiger partial charge in [-0.15, -0.1) is 0 Å². The predicted octanol–water partition coefficient (Wildman–Crippen LogP) is 0.592. The minimum Gasteiger partial charge on any atom is -0.493 e. The summed E-state index contributed by atoms with van der Waals surface area (Å²) in [5, 5.41) is 17.2. The summed E-state index contributed by atoms with van der Waals surface area (Å²) in [6.07, 6.45) is -0.211. The van der Waals surface area contributed by atoms with Crippen molar-refractivity contribution in [1.29, 1.82) is 0 Å². The lowest BCUT2D eigenvalue weighted by molar-refractivity contribution is -0.149. The van der Waals surface area contributed by atoms with E-state index in [-0.39, 0.29) is 18.8 Å². The highest BCUT2D eigenvalue weighted by atomic mass is 19.1. The molecule has 0 aromatic heterocycles. The normalized spacial score (nSPS) is 9.95. The van der Waals surface area contributed by atoms with Crippen molar-refractivity contribution in [2.45, 2.75) is 6.42 Å². The molecule has 1 aromatic carbocycles. The van der Waals surface area contributed by atoms with Gasteiger partial charge < -0.3 is 19.8 Å². The fraction of sp³-hybridized carbons (Fsp3) is 0.308. The summed E-state index contributed by atoms with van der Waals surface area (Å²) in [7, 11) is 0. The van der Waals surface area contributed by atoms with Gasteiger partial charge in [-0.1, -0.05) is 6.07 Å². The quantitative estimate of drug-likeness (QED) is 0.728. The molecule has 1 aromatic rings. The molecule has 0 fully saturated rings. The van der Waals surface area contributed by atoms with Crippen LogP contribution in [0.2, 0.25) is 0 Å². The average molecular weight is 299 g/mol. The number of rotatable bonds is 8. The summed E-state index contributed by atoms with van der Waals surface area (Å²) >= 11 is 0. The van der Waals surface area contributed by atoms with Gasteiger partial charge in [0, 0.05) is 6.07 Å². The first kappa shape index (κ1) is 16.4. The second-order valence-electron chi connectivity index (χ2n) is 4.09. The maximum Gasteiger partial charge on any atom is 0.323 e. The molecule has 114 valence electrons. The number of carbonyl (C=O) groups excluding carboxylic acids is 1. The van der Waals surface area contributed by atoms with Gasteiger partial charge in [0.25, 0.3) is 0 Å². The van der Waals surface area contributed by atoms with E-state index in [0.29, 0.717) is 4.90 Å². The van der Waals surface area contributed by atoms with Crippen molar-refractivity contribution in [1.82, 2.24) is 4.90 Å². The highest BCUT2D eigenvalue weighted by Gasteiger charge is 2.19. The third-order valence-electron chi connectivity index (χ3n) is 2.39. The zero-order valence-electron chi connectivity index (χ0n) is 11.0. The highest BCUT2D eigenvalue weighted by molar-refractivity contribution is 5.85. The van der Waals surface area contributed by atoms with Gasteiger partial charge >= 0.3 is 11.9 Å². The van der Waals surface area contributed by atoms with Crippen molar-refractivity contribution in [2.24, 2.45) is 0 Å². The molecule has 7 nitrogen and oxygen atoms in total. The third-order valence-corrected chi connectivity index (χ3v) is 2.39. The number of hydrogen-bond acceptors (Lipinski definition) is 4. The fourth-order valence-corrected chi connectivity index (χ4v) is 1.53. The molecular weight excluding hydrogens is 285 g/mol. The number of hydrogen-bond donors (Lipinski definition) is 2. The number of aliphatic carboxylic acids is 2. The topological polar surface area (TPSA) is 104 Å². The second kappa shape index (κ2) is 7.83. The molecular formula is C13H14FNO6. The zero-order chi connectivity index (χ0) is 15.8. The van der Waals surface area contributed by atoms with Crippen molar-refractivity contribution in [2.75, 3.05) is 19.7 Å². The van der Waals surface area contributed by atoms with Crippen molar-refractivity contribution < 1.29 is 33.7 Å². The lowest BCUT2D eigenvalue weighted by Crippen LogP contribution is -2.39. The van der Waals surface area contributed by atoms with E-state index in [4.69, 9.17) is 14.9 Å². The van der Waals surface area contributed by atoms with Gasteiger partial charge in [-0.05, 0) is 12.1 Å². The molecule has 2 N–H and O–H groups in total. The maximum absolute atomic E-state index is 12.9. The van der Waals surface area contributed by atoms with Gasteiger partial charge in [0.15, 0.2) is 0 Å². The van der Waals surface area contributed by atoms with Gasteiger partial charge in [-0.2, -0.15) is 0 Å². The fourth-order valence-electron chi connectivity index (χ4n) is 1.53. The van der Waals surface area contributed by atoms with E-state index in [1.54, 1.807) is 0 Å².